The Bertz CT molecular complexity index is 616. The number of rotatable bonds is 3. The molecule has 1 aromatic carbocycles. The van der Waals surface area contributed by atoms with Crippen molar-refractivity contribution in [1.29, 1.82) is 0 Å². The van der Waals surface area contributed by atoms with Gasteiger partial charge >= 0.3 is 5.97 Å². The van der Waals surface area contributed by atoms with Gasteiger partial charge in [0.15, 0.2) is 0 Å². The lowest BCUT2D eigenvalue weighted by Crippen LogP contribution is -2.43. The number of ether oxygens (including phenoxy) is 1. The number of carbonyl (C=O) groups excluding carboxylic acids is 3. The third kappa shape index (κ3) is 2.02. The number of benzene rings is 1. The first kappa shape index (κ1) is 14.7. The Balaban J connectivity index is 2.02. The van der Waals surface area contributed by atoms with E-state index in [-0.39, 0.29) is 17.9 Å². The van der Waals surface area contributed by atoms with E-state index in [1.54, 1.807) is 6.92 Å². The molecule has 2 aliphatic rings. The third-order valence-electron chi connectivity index (χ3n) is 4.50. The second-order valence-corrected chi connectivity index (χ2v) is 5.53. The number of carbonyl (C=O) groups is 3. The summed E-state index contributed by atoms with van der Waals surface area (Å²) in [6.07, 6.45) is 0. The van der Waals surface area contributed by atoms with E-state index >= 15 is 0 Å². The number of hydrogen-bond donors (Lipinski definition) is 1. The van der Waals surface area contributed by atoms with Crippen molar-refractivity contribution in [1.82, 2.24) is 10.2 Å². The summed E-state index contributed by atoms with van der Waals surface area (Å²) in [5, 5.41) is 3.12. The molecule has 6 heteroatoms. The van der Waals surface area contributed by atoms with Crippen LogP contribution in [0.1, 0.15) is 18.5 Å². The van der Waals surface area contributed by atoms with Crippen molar-refractivity contribution in [2.75, 3.05) is 13.7 Å². The number of likely N-dealkylation sites (tertiary alicyclic amines) is 1. The summed E-state index contributed by atoms with van der Waals surface area (Å²) >= 11 is 0. The van der Waals surface area contributed by atoms with E-state index in [9.17, 15) is 14.4 Å². The highest BCUT2D eigenvalue weighted by Gasteiger charge is 2.60. The number of imide groups is 1. The minimum Gasteiger partial charge on any atom is -0.468 e. The van der Waals surface area contributed by atoms with Crippen LogP contribution in [0.25, 0.3) is 0 Å². The Morgan fingerprint density at radius 3 is 2.41 bits per heavy atom. The lowest BCUT2D eigenvalue weighted by atomic mass is 9.86. The molecule has 2 aliphatic heterocycles. The fraction of sp³-hybridized carbons (Fsp3) is 0.438. The molecule has 6 nitrogen and oxygen atoms in total. The van der Waals surface area contributed by atoms with E-state index in [0.717, 1.165) is 5.56 Å². The minimum atomic E-state index is -0.784. The molecule has 2 heterocycles. The number of amides is 2. The summed E-state index contributed by atoms with van der Waals surface area (Å²) < 4.78 is 4.80. The highest BCUT2D eigenvalue weighted by Crippen LogP contribution is 2.43. The molecule has 0 aromatic heterocycles. The van der Waals surface area contributed by atoms with Crippen molar-refractivity contribution in [2.24, 2.45) is 11.8 Å². The molecule has 22 heavy (non-hydrogen) atoms. The average Bonchev–Trinajstić information content (AvgIpc) is 3.05. The van der Waals surface area contributed by atoms with Gasteiger partial charge < -0.3 is 4.74 Å². The number of hydrogen-bond acceptors (Lipinski definition) is 5. The second kappa shape index (κ2) is 5.53. The van der Waals surface area contributed by atoms with Crippen LogP contribution in [0.3, 0.4) is 0 Å². The summed E-state index contributed by atoms with van der Waals surface area (Å²) in [5.74, 6) is -2.26. The van der Waals surface area contributed by atoms with Crippen LogP contribution in [-0.4, -0.2) is 42.4 Å². The molecule has 2 fully saturated rings. The third-order valence-corrected chi connectivity index (χ3v) is 4.50. The van der Waals surface area contributed by atoms with Gasteiger partial charge in [-0.05, 0) is 12.5 Å². The quantitative estimate of drug-likeness (QED) is 0.650. The van der Waals surface area contributed by atoms with Gasteiger partial charge in [0.2, 0.25) is 11.8 Å². The maximum absolute atomic E-state index is 12.6. The fourth-order valence-corrected chi connectivity index (χ4v) is 3.49. The topological polar surface area (TPSA) is 75.7 Å². The molecule has 0 bridgehead atoms. The summed E-state index contributed by atoms with van der Waals surface area (Å²) in [7, 11) is 1.29. The van der Waals surface area contributed by atoms with Crippen LogP contribution in [0.15, 0.2) is 30.3 Å². The molecule has 1 aromatic rings. The van der Waals surface area contributed by atoms with Crippen LogP contribution < -0.4 is 5.32 Å². The van der Waals surface area contributed by atoms with Gasteiger partial charge in [0.05, 0.1) is 18.9 Å². The maximum atomic E-state index is 12.6. The molecule has 4 atom stereocenters. The average molecular weight is 302 g/mol. The SMILES string of the molecule is CCN1C(=O)[C@@H]2[C@H](C1=O)[C@H](C(=O)OC)N[C@@H]2c1ccccc1. The molecule has 0 saturated carbocycles. The molecule has 0 radical (unpaired) electrons. The largest absolute Gasteiger partial charge is 0.468 e. The second-order valence-electron chi connectivity index (χ2n) is 5.53. The normalized spacial score (nSPS) is 30.5. The van der Waals surface area contributed by atoms with Crippen molar-refractivity contribution in [3.8, 4) is 0 Å². The van der Waals surface area contributed by atoms with Crippen LogP contribution in [0.4, 0.5) is 0 Å². The first-order chi connectivity index (χ1) is 10.6. The lowest BCUT2D eigenvalue weighted by molar-refractivity contribution is -0.148. The predicted octanol–water partition coefficient (Wildman–Crippen LogP) is 0.494. The molecule has 1 N–H and O–H groups in total. The zero-order valence-corrected chi connectivity index (χ0v) is 12.5. The van der Waals surface area contributed by atoms with Gasteiger partial charge in [-0.1, -0.05) is 30.3 Å². The molecular weight excluding hydrogens is 284 g/mol. The predicted molar refractivity (Wildman–Crippen MR) is 77.5 cm³/mol. The zero-order valence-electron chi connectivity index (χ0n) is 12.5. The Labute approximate surface area is 128 Å². The van der Waals surface area contributed by atoms with Crippen LogP contribution in [-0.2, 0) is 19.1 Å². The number of nitrogens with zero attached hydrogens (tertiary/aromatic N) is 1. The number of fused-ring (bicyclic) bond motifs is 1. The van der Waals surface area contributed by atoms with Gasteiger partial charge in [-0.15, -0.1) is 0 Å². The lowest BCUT2D eigenvalue weighted by Gasteiger charge is -2.20. The van der Waals surface area contributed by atoms with Crippen LogP contribution in [0.5, 0.6) is 0 Å². The summed E-state index contributed by atoms with van der Waals surface area (Å²) in [4.78, 5) is 38.3. The van der Waals surface area contributed by atoms with Gasteiger partial charge in [-0.25, -0.2) is 0 Å². The van der Waals surface area contributed by atoms with Crippen LogP contribution in [0.2, 0.25) is 0 Å². The minimum absolute atomic E-state index is 0.217. The van der Waals surface area contributed by atoms with E-state index in [2.05, 4.69) is 5.32 Å². The van der Waals surface area contributed by atoms with E-state index in [4.69, 9.17) is 4.74 Å². The molecule has 0 aliphatic carbocycles. The molecule has 0 spiro atoms. The van der Waals surface area contributed by atoms with Gasteiger partial charge in [-0.3, -0.25) is 24.6 Å². The van der Waals surface area contributed by atoms with Crippen LogP contribution in [0, 0.1) is 11.8 Å². The van der Waals surface area contributed by atoms with E-state index in [0.29, 0.717) is 6.54 Å². The van der Waals surface area contributed by atoms with Gasteiger partial charge in [0, 0.05) is 12.6 Å². The highest BCUT2D eigenvalue weighted by molar-refractivity contribution is 6.08. The van der Waals surface area contributed by atoms with Crippen molar-refractivity contribution < 1.29 is 19.1 Å². The molecule has 2 saturated heterocycles. The smallest absolute Gasteiger partial charge is 0.323 e. The monoisotopic (exact) mass is 302 g/mol. The van der Waals surface area contributed by atoms with E-state index < -0.39 is 23.8 Å². The summed E-state index contributed by atoms with van der Waals surface area (Å²) in [6, 6.07) is 8.26. The first-order valence-electron chi connectivity index (χ1n) is 7.34. The molecule has 0 unspecified atom stereocenters. The number of methoxy groups -OCH3 is 1. The van der Waals surface area contributed by atoms with Crippen molar-refractivity contribution in [3.63, 3.8) is 0 Å². The maximum Gasteiger partial charge on any atom is 0.323 e. The van der Waals surface area contributed by atoms with Gasteiger partial charge in [0.1, 0.15) is 6.04 Å². The molecular formula is C16H18N2O4. The van der Waals surface area contributed by atoms with E-state index in [1.165, 1.54) is 12.0 Å². The molecule has 116 valence electrons. The van der Waals surface area contributed by atoms with Crippen molar-refractivity contribution in [3.05, 3.63) is 35.9 Å². The van der Waals surface area contributed by atoms with Crippen LogP contribution >= 0.6 is 0 Å². The Morgan fingerprint density at radius 2 is 1.82 bits per heavy atom. The molecule has 3 rings (SSSR count). The fourth-order valence-electron chi connectivity index (χ4n) is 3.49. The summed E-state index contributed by atoms with van der Waals surface area (Å²) in [5.41, 5.74) is 0.892. The van der Waals surface area contributed by atoms with E-state index in [1.807, 2.05) is 30.3 Å². The van der Waals surface area contributed by atoms with Gasteiger partial charge in [-0.2, -0.15) is 0 Å². The standard InChI is InChI=1S/C16H18N2O4/c1-3-18-14(19)10-11(15(18)20)13(16(21)22-2)17-12(10)9-7-5-4-6-8-9/h4-8,10-13,17H,3H2,1-2H3/t10-,11+,12-,13-/m1/s1. The number of esters is 1. The number of nitrogens with one attached hydrogen (secondary N) is 1. The highest BCUT2D eigenvalue weighted by atomic mass is 16.5. The summed E-state index contributed by atoms with van der Waals surface area (Å²) in [6.45, 7) is 2.08. The van der Waals surface area contributed by atoms with Crippen molar-refractivity contribution in [2.45, 2.75) is 19.0 Å². The first-order valence-corrected chi connectivity index (χ1v) is 7.34. The van der Waals surface area contributed by atoms with Crippen molar-refractivity contribution >= 4 is 17.8 Å². The molecule has 2 amide bonds. The zero-order chi connectivity index (χ0) is 15.9. The Kier molecular flexibility index (Phi) is 3.70. The Morgan fingerprint density at radius 1 is 1.18 bits per heavy atom. The van der Waals surface area contributed by atoms with Gasteiger partial charge in [0.25, 0.3) is 0 Å². The Hall–Kier alpha value is -2.21.